The van der Waals surface area contributed by atoms with Crippen molar-refractivity contribution in [3.8, 4) is 5.69 Å². The maximum atomic E-state index is 12.4. The third-order valence-electron chi connectivity index (χ3n) is 4.16. The molecule has 4 N–H and O–H groups in total. The Kier molecular flexibility index (Phi) is 4.98. The van der Waals surface area contributed by atoms with E-state index in [-0.39, 0.29) is 22.3 Å². The lowest BCUT2D eigenvalue weighted by molar-refractivity contribution is 0.100. The van der Waals surface area contributed by atoms with Crippen LogP contribution >= 0.6 is 11.6 Å². The minimum Gasteiger partial charge on any atom is -0.370 e. The number of rotatable bonds is 5. The highest BCUT2D eigenvalue weighted by Gasteiger charge is 2.33. The molecule has 3 rings (SSSR count). The van der Waals surface area contributed by atoms with Crippen LogP contribution in [0.4, 0.5) is 0 Å². The van der Waals surface area contributed by atoms with Crippen LogP contribution in [0.5, 0.6) is 0 Å². The maximum Gasteiger partial charge on any atom is 0.283 e. The summed E-state index contributed by atoms with van der Waals surface area (Å²) in [4.78, 5) is 16.0. The van der Waals surface area contributed by atoms with Gasteiger partial charge in [0.05, 0.1) is 33.1 Å². The number of guanidine groups is 1. The van der Waals surface area contributed by atoms with Crippen molar-refractivity contribution in [2.75, 3.05) is 14.1 Å². The minimum atomic E-state index is -3.66. The van der Waals surface area contributed by atoms with Gasteiger partial charge in [-0.3, -0.25) is 4.79 Å². The van der Waals surface area contributed by atoms with E-state index < -0.39 is 15.9 Å². The van der Waals surface area contributed by atoms with Crippen molar-refractivity contribution in [3.63, 3.8) is 0 Å². The number of nitrogens with two attached hydrogens (primary N) is 2. The summed E-state index contributed by atoms with van der Waals surface area (Å²) in [7, 11) is -0.768. The highest BCUT2D eigenvalue weighted by atomic mass is 35.5. The van der Waals surface area contributed by atoms with Gasteiger partial charge in [0.25, 0.3) is 5.91 Å². The Labute approximate surface area is 161 Å². The zero-order valence-electron chi connectivity index (χ0n) is 14.8. The fraction of sp³-hybridized carbons (Fsp3) is 0.312. The van der Waals surface area contributed by atoms with Crippen LogP contribution in [-0.4, -0.2) is 48.5 Å². The predicted molar refractivity (Wildman–Crippen MR) is 102 cm³/mol. The van der Waals surface area contributed by atoms with Crippen LogP contribution in [0.25, 0.3) is 5.69 Å². The molecule has 1 aromatic carbocycles. The number of sulfonamides is 1. The number of halogens is 1. The molecule has 1 aromatic heterocycles. The molecule has 2 aromatic rings. The lowest BCUT2D eigenvalue weighted by atomic mass is 10.1. The Morgan fingerprint density at radius 1 is 1.33 bits per heavy atom. The number of amides is 1. The second kappa shape index (κ2) is 6.95. The molecule has 11 heteroatoms. The van der Waals surface area contributed by atoms with Gasteiger partial charge in [-0.05, 0) is 31.0 Å². The molecule has 0 saturated heterocycles. The Morgan fingerprint density at radius 3 is 2.56 bits per heavy atom. The number of nitrogens with zero attached hydrogens (tertiary/aromatic N) is 4. The third-order valence-corrected chi connectivity index (χ3v) is 6.29. The summed E-state index contributed by atoms with van der Waals surface area (Å²) in [6, 6.07) is 4.35. The summed E-state index contributed by atoms with van der Waals surface area (Å²) in [5.74, 6) is -0.839. The van der Waals surface area contributed by atoms with Gasteiger partial charge in [0.15, 0.2) is 5.96 Å². The minimum absolute atomic E-state index is 0.0706. The molecule has 1 amide bonds. The van der Waals surface area contributed by atoms with Crippen LogP contribution in [0.15, 0.2) is 34.3 Å². The fourth-order valence-corrected chi connectivity index (χ4v) is 3.79. The van der Waals surface area contributed by atoms with Gasteiger partial charge in [0, 0.05) is 20.0 Å². The van der Waals surface area contributed by atoms with E-state index in [4.69, 9.17) is 23.1 Å². The number of aromatic nitrogens is 2. The average molecular weight is 411 g/mol. The van der Waals surface area contributed by atoms with Crippen molar-refractivity contribution in [3.05, 3.63) is 40.7 Å². The molecule has 0 unspecified atom stereocenters. The first-order chi connectivity index (χ1) is 12.6. The van der Waals surface area contributed by atoms with E-state index in [2.05, 4.69) is 10.1 Å². The topological polar surface area (TPSA) is 137 Å². The summed E-state index contributed by atoms with van der Waals surface area (Å²) < 4.78 is 27.5. The van der Waals surface area contributed by atoms with Gasteiger partial charge in [-0.15, -0.1) is 0 Å². The van der Waals surface area contributed by atoms with Crippen molar-refractivity contribution in [2.45, 2.75) is 23.7 Å². The first-order valence-electron chi connectivity index (χ1n) is 8.07. The molecule has 1 aliphatic carbocycles. The normalized spacial score (nSPS) is 14.4. The first-order valence-corrected chi connectivity index (χ1v) is 9.89. The first kappa shape index (κ1) is 19.3. The highest BCUT2D eigenvalue weighted by molar-refractivity contribution is 7.89. The van der Waals surface area contributed by atoms with Crippen molar-refractivity contribution < 1.29 is 13.2 Å². The monoisotopic (exact) mass is 410 g/mol. The van der Waals surface area contributed by atoms with Crippen molar-refractivity contribution in [2.24, 2.45) is 16.5 Å². The predicted octanol–water partition coefficient (Wildman–Crippen LogP) is 1.07. The molecule has 1 aliphatic rings. The molecular formula is C16H19ClN6O3S. The second-order valence-electron chi connectivity index (χ2n) is 6.37. The van der Waals surface area contributed by atoms with Crippen molar-refractivity contribution in [1.29, 1.82) is 0 Å². The van der Waals surface area contributed by atoms with Crippen molar-refractivity contribution in [1.82, 2.24) is 14.1 Å². The zero-order chi connectivity index (χ0) is 19.9. The lowest BCUT2D eigenvalue weighted by Gasteiger charge is -2.14. The van der Waals surface area contributed by atoms with Crippen LogP contribution in [0, 0.1) is 0 Å². The molecule has 0 aliphatic heterocycles. The molecule has 27 heavy (non-hydrogen) atoms. The van der Waals surface area contributed by atoms with Crippen LogP contribution in [0.2, 0.25) is 5.02 Å². The largest absolute Gasteiger partial charge is 0.370 e. The summed E-state index contributed by atoms with van der Waals surface area (Å²) >= 11 is 6.31. The van der Waals surface area contributed by atoms with E-state index in [1.54, 1.807) is 0 Å². The molecule has 1 heterocycles. The molecule has 0 atom stereocenters. The number of aliphatic imine (C=N–C) groups is 1. The Hall–Kier alpha value is -2.43. The summed E-state index contributed by atoms with van der Waals surface area (Å²) in [5.41, 5.74) is 11.8. The summed E-state index contributed by atoms with van der Waals surface area (Å²) in [5, 5.41) is 4.56. The smallest absolute Gasteiger partial charge is 0.283 e. The van der Waals surface area contributed by atoms with E-state index in [0.29, 0.717) is 16.4 Å². The molecule has 9 nitrogen and oxygen atoms in total. The number of hydrogen-bond acceptors (Lipinski definition) is 4. The van der Waals surface area contributed by atoms with Gasteiger partial charge in [-0.25, -0.2) is 17.4 Å². The Balaban J connectivity index is 2.17. The molecule has 1 saturated carbocycles. The molecule has 0 radical (unpaired) electrons. The molecule has 0 bridgehead atoms. The van der Waals surface area contributed by atoms with Crippen LogP contribution in [0.1, 0.15) is 34.8 Å². The van der Waals surface area contributed by atoms with E-state index in [0.717, 1.165) is 17.1 Å². The van der Waals surface area contributed by atoms with Gasteiger partial charge in [0.2, 0.25) is 10.0 Å². The quantitative estimate of drug-likeness (QED) is 0.558. The third kappa shape index (κ3) is 3.68. The highest BCUT2D eigenvalue weighted by Crippen LogP contribution is 2.43. The van der Waals surface area contributed by atoms with E-state index in [1.165, 1.54) is 43.2 Å². The summed E-state index contributed by atoms with van der Waals surface area (Å²) in [6.45, 7) is 0. The van der Waals surface area contributed by atoms with Crippen LogP contribution < -0.4 is 11.5 Å². The average Bonchev–Trinajstić information content (AvgIpc) is 3.32. The van der Waals surface area contributed by atoms with Gasteiger partial charge >= 0.3 is 0 Å². The van der Waals surface area contributed by atoms with Gasteiger partial charge < -0.3 is 11.5 Å². The second-order valence-corrected chi connectivity index (χ2v) is 8.93. The van der Waals surface area contributed by atoms with Crippen LogP contribution in [-0.2, 0) is 10.0 Å². The van der Waals surface area contributed by atoms with Crippen molar-refractivity contribution >= 4 is 33.5 Å². The molecule has 144 valence electrons. The van der Waals surface area contributed by atoms with Crippen LogP contribution in [0.3, 0.4) is 0 Å². The lowest BCUT2D eigenvalue weighted by Crippen LogP contribution is -2.24. The van der Waals surface area contributed by atoms with E-state index >= 15 is 0 Å². The van der Waals surface area contributed by atoms with Gasteiger partial charge in [0.1, 0.15) is 0 Å². The fourth-order valence-electron chi connectivity index (χ4n) is 2.67. The number of hydrogen-bond donors (Lipinski definition) is 2. The molecule has 1 fully saturated rings. The van der Waals surface area contributed by atoms with Gasteiger partial charge in [-0.2, -0.15) is 10.1 Å². The van der Waals surface area contributed by atoms with Gasteiger partial charge in [-0.1, -0.05) is 11.6 Å². The van der Waals surface area contributed by atoms with E-state index in [1.807, 2.05) is 0 Å². The molecule has 0 spiro atoms. The Bertz CT molecular complexity index is 1040. The maximum absolute atomic E-state index is 12.4. The number of carbonyl (C=O) groups is 1. The summed E-state index contributed by atoms with van der Waals surface area (Å²) in [6.07, 6.45) is 3.12. The number of carbonyl (C=O) groups excluding carboxylic acids is 1. The number of benzene rings is 1. The molecular weight excluding hydrogens is 392 g/mol. The Morgan fingerprint density at radius 2 is 2.00 bits per heavy atom. The zero-order valence-corrected chi connectivity index (χ0v) is 16.3. The SMILES string of the molecule is CN(C)S(=O)(=O)c1ccc(Cl)c(-n2ncc(C(=O)N=C(N)N)c2C2CC2)c1. The van der Waals surface area contributed by atoms with E-state index in [9.17, 15) is 13.2 Å². The standard InChI is InChI=1S/C16H19ClN6O3S/c1-22(2)27(25,26)10-5-6-12(17)13(7-10)23-14(9-3-4-9)11(8-20-23)15(24)21-16(18)19/h5-9H,3-4H2,1-2H3,(H4,18,19,21,24).